The zero-order valence-electron chi connectivity index (χ0n) is 14.2. The third-order valence-corrected chi connectivity index (χ3v) is 8.01. The molecule has 0 amide bonds. The SMILES string of the molecule is C=C1N=C(N)C(I)=CN1C1CC(O)C(COP(=O)(O)OP(=O)(O)OP(=O)(O)O)O1. The van der Waals surface area contributed by atoms with Gasteiger partial charge in [-0.2, -0.15) is 8.62 Å². The van der Waals surface area contributed by atoms with Crippen molar-refractivity contribution in [3.8, 4) is 0 Å². The Morgan fingerprint density at radius 1 is 1.28 bits per heavy atom. The Kier molecular flexibility index (Phi) is 7.89. The molecule has 7 N–H and O–H groups in total. The Hall–Kier alpha value is -0.190. The van der Waals surface area contributed by atoms with Crippen LogP contribution < -0.4 is 5.73 Å². The summed E-state index contributed by atoms with van der Waals surface area (Å²) in [5.41, 5.74) is 5.67. The summed E-state index contributed by atoms with van der Waals surface area (Å²) in [7, 11) is -16.4. The van der Waals surface area contributed by atoms with Gasteiger partial charge in [0.25, 0.3) is 0 Å². The highest BCUT2D eigenvalue weighted by molar-refractivity contribution is 14.1. The van der Waals surface area contributed by atoms with Gasteiger partial charge < -0.3 is 40.1 Å². The van der Waals surface area contributed by atoms with Crippen molar-refractivity contribution in [2.24, 2.45) is 10.7 Å². The van der Waals surface area contributed by atoms with Crippen LogP contribution in [0, 0.1) is 0 Å². The number of nitrogens with zero attached hydrogens (tertiary/aromatic N) is 2. The Morgan fingerprint density at radius 3 is 2.48 bits per heavy atom. The molecule has 0 aliphatic carbocycles. The van der Waals surface area contributed by atoms with Crippen LogP contribution in [-0.2, 0) is 31.6 Å². The zero-order chi connectivity index (χ0) is 22.2. The molecule has 15 nitrogen and oxygen atoms in total. The number of rotatable bonds is 8. The summed E-state index contributed by atoms with van der Waals surface area (Å²) in [4.78, 5) is 41.0. The van der Waals surface area contributed by atoms with Gasteiger partial charge in [-0.1, -0.05) is 6.58 Å². The average Bonchev–Trinajstić information content (AvgIpc) is 2.86. The smallest absolute Gasteiger partial charge is 0.390 e. The van der Waals surface area contributed by atoms with E-state index in [0.29, 0.717) is 3.58 Å². The van der Waals surface area contributed by atoms with E-state index in [4.69, 9.17) is 25.2 Å². The van der Waals surface area contributed by atoms with Crippen LogP contribution in [0.25, 0.3) is 0 Å². The first-order chi connectivity index (χ1) is 13.1. The number of phosphoric acid groups is 3. The molecule has 2 heterocycles. The van der Waals surface area contributed by atoms with Crippen molar-refractivity contribution in [1.29, 1.82) is 0 Å². The molecule has 5 unspecified atom stereocenters. The van der Waals surface area contributed by atoms with Crippen LogP contribution >= 0.6 is 46.1 Å². The first kappa shape index (κ1) is 25.1. The van der Waals surface area contributed by atoms with Gasteiger partial charge in [-0.25, -0.2) is 18.7 Å². The molecule has 0 aromatic rings. The Bertz CT molecular complexity index is 873. The molecule has 0 aromatic heterocycles. The Balaban J connectivity index is 1.96. The summed E-state index contributed by atoms with van der Waals surface area (Å²) in [5.74, 6) is 0.475. The molecule has 1 fully saturated rings. The van der Waals surface area contributed by atoms with E-state index in [-0.39, 0.29) is 18.1 Å². The molecule has 0 aromatic carbocycles. The predicted octanol–water partition coefficient (Wildman–Crippen LogP) is 0.226. The number of ether oxygens (including phenoxy) is 1. The molecule has 2 aliphatic rings. The summed E-state index contributed by atoms with van der Waals surface area (Å²) >= 11 is 1.93. The fraction of sp³-hybridized carbons (Fsp3) is 0.500. The van der Waals surface area contributed by atoms with Crippen LogP contribution in [0.3, 0.4) is 0 Å². The van der Waals surface area contributed by atoms with Gasteiger partial charge in [0, 0.05) is 12.6 Å². The van der Waals surface area contributed by atoms with Crippen LogP contribution in [-0.4, -0.2) is 60.5 Å². The highest BCUT2D eigenvalue weighted by atomic mass is 127. The van der Waals surface area contributed by atoms with Crippen LogP contribution in [0.2, 0.25) is 0 Å². The number of phosphoric ester groups is 1. The molecule has 166 valence electrons. The van der Waals surface area contributed by atoms with Gasteiger partial charge in [-0.15, -0.1) is 0 Å². The lowest BCUT2D eigenvalue weighted by atomic mass is 10.2. The van der Waals surface area contributed by atoms with E-state index >= 15 is 0 Å². The van der Waals surface area contributed by atoms with Gasteiger partial charge in [0.1, 0.15) is 24.0 Å². The second-order valence-corrected chi connectivity index (χ2v) is 11.2. The summed E-state index contributed by atoms with van der Waals surface area (Å²) in [6.07, 6.45) is -1.50. The molecule has 0 spiro atoms. The molecule has 29 heavy (non-hydrogen) atoms. The lowest BCUT2D eigenvalue weighted by molar-refractivity contribution is -0.0553. The monoisotopic (exact) mass is 591 g/mol. The molecule has 1 saturated heterocycles. The van der Waals surface area contributed by atoms with Crippen molar-refractivity contribution in [2.45, 2.75) is 24.9 Å². The topological polar surface area (TPSA) is 231 Å². The molecule has 0 saturated carbocycles. The second kappa shape index (κ2) is 9.12. The van der Waals surface area contributed by atoms with Crippen LogP contribution in [0.4, 0.5) is 0 Å². The normalized spacial score (nSPS) is 29.8. The van der Waals surface area contributed by atoms with Crippen molar-refractivity contribution in [2.75, 3.05) is 6.61 Å². The van der Waals surface area contributed by atoms with Crippen molar-refractivity contribution in [3.63, 3.8) is 0 Å². The third kappa shape index (κ3) is 7.47. The van der Waals surface area contributed by atoms with E-state index < -0.39 is 48.5 Å². The van der Waals surface area contributed by atoms with Crippen molar-refractivity contribution >= 4 is 51.9 Å². The maximum Gasteiger partial charge on any atom is 0.490 e. The molecular formula is C10H17IN3O12P3. The molecule has 2 aliphatic heterocycles. The van der Waals surface area contributed by atoms with E-state index in [9.17, 15) is 23.7 Å². The molecule has 5 atom stereocenters. The number of hydrogen-bond donors (Lipinski definition) is 6. The minimum Gasteiger partial charge on any atom is -0.390 e. The van der Waals surface area contributed by atoms with Crippen LogP contribution in [0.1, 0.15) is 6.42 Å². The number of halogens is 1. The lowest BCUT2D eigenvalue weighted by Crippen LogP contribution is -2.34. The first-order valence-corrected chi connectivity index (χ1v) is 13.0. The largest absolute Gasteiger partial charge is 0.490 e. The molecule has 0 radical (unpaired) electrons. The first-order valence-electron chi connectivity index (χ1n) is 7.39. The molecule has 19 heteroatoms. The van der Waals surface area contributed by atoms with Crippen LogP contribution in [0.5, 0.6) is 0 Å². The van der Waals surface area contributed by atoms with Gasteiger partial charge in [-0.05, 0) is 22.6 Å². The Morgan fingerprint density at radius 2 is 1.90 bits per heavy atom. The minimum atomic E-state index is -5.63. The number of aliphatic hydroxyl groups excluding tert-OH is 1. The summed E-state index contributed by atoms with van der Waals surface area (Å²) in [5, 5.41) is 10.1. The highest BCUT2D eigenvalue weighted by Crippen LogP contribution is 2.66. The van der Waals surface area contributed by atoms with Crippen molar-refractivity contribution in [3.05, 3.63) is 22.2 Å². The van der Waals surface area contributed by atoms with E-state index in [1.165, 1.54) is 4.90 Å². The number of hydrogen-bond acceptors (Lipinski definition) is 11. The zero-order valence-corrected chi connectivity index (χ0v) is 19.1. The van der Waals surface area contributed by atoms with Gasteiger partial charge in [-0.3, -0.25) is 4.52 Å². The van der Waals surface area contributed by atoms with E-state index in [1.54, 1.807) is 6.20 Å². The standard InChI is InChI=1S/C10H17IN3O12P3/c1-5-13-10(12)6(11)3-14(5)9-2-7(15)8(24-9)4-23-28(19,20)26-29(21,22)25-27(16,17)18/h3,7-9,15H,1-2,4H2,(H2,12,13)(H,19,20)(H,21,22)(H2,16,17,18). The molecule has 2 rings (SSSR count). The van der Waals surface area contributed by atoms with Crippen molar-refractivity contribution in [1.82, 2.24) is 4.90 Å². The van der Waals surface area contributed by atoms with Gasteiger partial charge in [0.2, 0.25) is 0 Å². The molecular weight excluding hydrogens is 574 g/mol. The van der Waals surface area contributed by atoms with Crippen molar-refractivity contribution < 1.29 is 56.3 Å². The number of aliphatic hydroxyl groups is 1. The Labute approximate surface area is 177 Å². The average molecular weight is 591 g/mol. The van der Waals surface area contributed by atoms with E-state index in [0.717, 1.165) is 0 Å². The molecule has 0 bridgehead atoms. The lowest BCUT2D eigenvalue weighted by Gasteiger charge is -2.29. The number of amidine groups is 1. The quantitative estimate of drug-likeness (QED) is 0.164. The summed E-state index contributed by atoms with van der Waals surface area (Å²) < 4.78 is 51.4. The second-order valence-electron chi connectivity index (χ2n) is 5.62. The van der Waals surface area contributed by atoms with Crippen LogP contribution in [0.15, 0.2) is 27.2 Å². The maximum absolute atomic E-state index is 11.7. The summed E-state index contributed by atoms with van der Waals surface area (Å²) in [6, 6.07) is 0. The maximum atomic E-state index is 11.7. The third-order valence-electron chi connectivity index (χ3n) is 3.38. The number of aliphatic imine (C=N–C) groups is 1. The fourth-order valence-electron chi connectivity index (χ4n) is 2.27. The van der Waals surface area contributed by atoms with Gasteiger partial charge in [0.05, 0.1) is 16.3 Å². The fourth-order valence-corrected chi connectivity index (χ4v) is 5.72. The number of nitrogens with two attached hydrogens (primary N) is 1. The highest BCUT2D eigenvalue weighted by Gasteiger charge is 2.43. The minimum absolute atomic E-state index is 0.0271. The van der Waals surface area contributed by atoms with Gasteiger partial charge in [0.15, 0.2) is 0 Å². The predicted molar refractivity (Wildman–Crippen MR) is 104 cm³/mol. The summed E-state index contributed by atoms with van der Waals surface area (Å²) in [6.45, 7) is 2.94. The van der Waals surface area contributed by atoms with E-state index in [1.807, 2.05) is 22.6 Å². The van der Waals surface area contributed by atoms with E-state index in [2.05, 4.69) is 24.7 Å². The van der Waals surface area contributed by atoms with Gasteiger partial charge >= 0.3 is 23.5 Å².